The van der Waals surface area contributed by atoms with Crippen LogP contribution in [0.25, 0.3) is 0 Å². The molecule has 1 unspecified atom stereocenters. The quantitative estimate of drug-likeness (QED) is 0.614. The second-order valence-corrected chi connectivity index (χ2v) is 5.66. The fraction of sp³-hybridized carbons (Fsp3) is 0.462. The zero-order valence-corrected chi connectivity index (χ0v) is 13.2. The first-order valence-electron chi connectivity index (χ1n) is 6.06. The van der Waals surface area contributed by atoms with E-state index >= 15 is 0 Å². The molecule has 0 aromatic heterocycles. The third kappa shape index (κ3) is 5.61. The van der Waals surface area contributed by atoms with Crippen LogP contribution in [0, 0.1) is 0 Å². The summed E-state index contributed by atoms with van der Waals surface area (Å²) in [5.74, 6) is 0.363. The van der Waals surface area contributed by atoms with Gasteiger partial charge in [0.2, 0.25) is 0 Å². The number of ether oxygens (including phenoxy) is 1. The molecule has 1 N–H and O–H groups in total. The maximum absolute atomic E-state index is 11.7. The van der Waals surface area contributed by atoms with Gasteiger partial charge in [-0.05, 0) is 31.7 Å². The van der Waals surface area contributed by atoms with Crippen LogP contribution in [-0.4, -0.2) is 30.9 Å². The Morgan fingerprint density at radius 3 is 2.68 bits per heavy atom. The predicted octanol–water partition coefficient (Wildman–Crippen LogP) is 3.63. The van der Waals surface area contributed by atoms with E-state index < -0.39 is 0 Å². The number of carbonyl (C=O) groups excluding carboxylic acids is 1. The van der Waals surface area contributed by atoms with E-state index in [1.54, 1.807) is 19.1 Å². The molecule has 0 aliphatic rings. The SMILES string of the molecule is CCNC(CSc1ccc(Cl)c(Cl)c1)C(=O)OCC. The number of rotatable bonds is 7. The van der Waals surface area contributed by atoms with Gasteiger partial charge in [-0.2, -0.15) is 0 Å². The summed E-state index contributed by atoms with van der Waals surface area (Å²) in [6.45, 7) is 4.85. The normalized spacial score (nSPS) is 12.2. The Morgan fingerprint density at radius 2 is 2.11 bits per heavy atom. The Labute approximate surface area is 128 Å². The maximum atomic E-state index is 11.7. The zero-order chi connectivity index (χ0) is 14.3. The zero-order valence-electron chi connectivity index (χ0n) is 10.9. The number of hydrogen-bond acceptors (Lipinski definition) is 4. The summed E-state index contributed by atoms with van der Waals surface area (Å²) in [5.41, 5.74) is 0. The molecule has 0 amide bonds. The van der Waals surface area contributed by atoms with Gasteiger partial charge in [0.1, 0.15) is 6.04 Å². The second kappa shape index (κ2) is 8.69. The number of likely N-dealkylation sites (N-methyl/N-ethyl adjacent to an activating group) is 1. The molecule has 106 valence electrons. The molecule has 6 heteroatoms. The minimum Gasteiger partial charge on any atom is -0.465 e. The summed E-state index contributed by atoms with van der Waals surface area (Å²) in [4.78, 5) is 12.7. The van der Waals surface area contributed by atoms with Gasteiger partial charge < -0.3 is 10.1 Å². The largest absolute Gasteiger partial charge is 0.465 e. The number of benzene rings is 1. The lowest BCUT2D eigenvalue weighted by molar-refractivity contribution is -0.144. The minimum absolute atomic E-state index is 0.225. The average molecular weight is 322 g/mol. The van der Waals surface area contributed by atoms with Crippen molar-refractivity contribution in [2.24, 2.45) is 0 Å². The molecule has 0 bridgehead atoms. The number of nitrogens with one attached hydrogen (secondary N) is 1. The van der Waals surface area contributed by atoms with Crippen molar-refractivity contribution in [3.8, 4) is 0 Å². The van der Waals surface area contributed by atoms with Crippen molar-refractivity contribution in [1.82, 2.24) is 5.32 Å². The Balaban J connectivity index is 2.59. The Morgan fingerprint density at radius 1 is 1.37 bits per heavy atom. The minimum atomic E-state index is -0.315. The van der Waals surface area contributed by atoms with Gasteiger partial charge in [0.25, 0.3) is 0 Å². The first kappa shape index (κ1) is 16.6. The topological polar surface area (TPSA) is 38.3 Å². The van der Waals surface area contributed by atoms with Crippen LogP contribution in [0.4, 0.5) is 0 Å². The molecule has 0 heterocycles. The molecular weight excluding hydrogens is 305 g/mol. The van der Waals surface area contributed by atoms with Crippen LogP contribution >= 0.6 is 35.0 Å². The van der Waals surface area contributed by atoms with E-state index in [1.807, 2.05) is 13.0 Å². The molecule has 0 aliphatic carbocycles. The van der Waals surface area contributed by atoms with Crippen molar-refractivity contribution >= 4 is 40.9 Å². The van der Waals surface area contributed by atoms with Crippen LogP contribution in [0.2, 0.25) is 10.0 Å². The van der Waals surface area contributed by atoms with Gasteiger partial charge >= 0.3 is 5.97 Å². The van der Waals surface area contributed by atoms with E-state index in [1.165, 1.54) is 11.8 Å². The van der Waals surface area contributed by atoms with Gasteiger partial charge in [0, 0.05) is 10.6 Å². The lowest BCUT2D eigenvalue weighted by atomic mass is 10.3. The highest BCUT2D eigenvalue weighted by Crippen LogP contribution is 2.28. The van der Waals surface area contributed by atoms with E-state index in [0.29, 0.717) is 28.9 Å². The third-order valence-corrected chi connectivity index (χ3v) is 4.16. The number of hydrogen-bond donors (Lipinski definition) is 1. The smallest absolute Gasteiger partial charge is 0.323 e. The summed E-state index contributed by atoms with van der Waals surface area (Å²) in [6.07, 6.45) is 0. The van der Waals surface area contributed by atoms with Crippen LogP contribution in [0.3, 0.4) is 0 Å². The summed E-state index contributed by atoms with van der Waals surface area (Å²) in [5, 5.41) is 4.15. The molecule has 1 rings (SSSR count). The molecule has 0 fully saturated rings. The van der Waals surface area contributed by atoms with Gasteiger partial charge in [-0.1, -0.05) is 30.1 Å². The molecule has 19 heavy (non-hydrogen) atoms. The Kier molecular flexibility index (Phi) is 7.61. The summed E-state index contributed by atoms with van der Waals surface area (Å²) in [6, 6.07) is 5.11. The predicted molar refractivity (Wildman–Crippen MR) is 81.3 cm³/mol. The molecule has 1 aromatic rings. The van der Waals surface area contributed by atoms with E-state index in [2.05, 4.69) is 5.32 Å². The van der Waals surface area contributed by atoms with Crippen LogP contribution in [0.1, 0.15) is 13.8 Å². The van der Waals surface area contributed by atoms with E-state index in [-0.39, 0.29) is 12.0 Å². The van der Waals surface area contributed by atoms with Gasteiger partial charge in [-0.15, -0.1) is 11.8 Å². The number of thioether (sulfide) groups is 1. The number of carbonyl (C=O) groups is 1. The number of halogens is 2. The van der Waals surface area contributed by atoms with Crippen molar-refractivity contribution in [2.75, 3.05) is 18.9 Å². The van der Waals surface area contributed by atoms with Crippen molar-refractivity contribution < 1.29 is 9.53 Å². The van der Waals surface area contributed by atoms with Gasteiger partial charge in [-0.3, -0.25) is 4.79 Å². The molecular formula is C13H17Cl2NO2S. The van der Waals surface area contributed by atoms with Crippen molar-refractivity contribution in [1.29, 1.82) is 0 Å². The van der Waals surface area contributed by atoms with Crippen molar-refractivity contribution in [3.63, 3.8) is 0 Å². The fourth-order valence-electron chi connectivity index (χ4n) is 1.45. The van der Waals surface area contributed by atoms with E-state index in [0.717, 1.165) is 4.90 Å². The van der Waals surface area contributed by atoms with E-state index in [9.17, 15) is 4.79 Å². The summed E-state index contributed by atoms with van der Waals surface area (Å²) < 4.78 is 5.03. The monoisotopic (exact) mass is 321 g/mol. The lowest BCUT2D eigenvalue weighted by Gasteiger charge is -2.15. The molecule has 0 spiro atoms. The average Bonchev–Trinajstić information content (AvgIpc) is 2.38. The molecule has 0 saturated heterocycles. The van der Waals surface area contributed by atoms with Crippen LogP contribution in [-0.2, 0) is 9.53 Å². The second-order valence-electron chi connectivity index (χ2n) is 3.75. The van der Waals surface area contributed by atoms with E-state index in [4.69, 9.17) is 27.9 Å². The van der Waals surface area contributed by atoms with Crippen LogP contribution in [0.5, 0.6) is 0 Å². The molecule has 1 atom stereocenters. The summed E-state index contributed by atoms with van der Waals surface area (Å²) >= 11 is 13.3. The lowest BCUT2D eigenvalue weighted by Crippen LogP contribution is -2.40. The molecule has 0 radical (unpaired) electrons. The third-order valence-electron chi connectivity index (χ3n) is 2.33. The molecule has 0 aliphatic heterocycles. The maximum Gasteiger partial charge on any atom is 0.323 e. The Hall–Kier alpha value is -0.420. The summed E-state index contributed by atoms with van der Waals surface area (Å²) in [7, 11) is 0. The van der Waals surface area contributed by atoms with Crippen molar-refractivity contribution in [2.45, 2.75) is 24.8 Å². The van der Waals surface area contributed by atoms with Gasteiger partial charge in [0.15, 0.2) is 0 Å². The highest BCUT2D eigenvalue weighted by atomic mass is 35.5. The Bertz CT molecular complexity index is 429. The molecule has 0 saturated carbocycles. The standard InChI is InChI=1S/C13H17Cl2NO2S/c1-3-16-12(13(17)18-4-2)8-19-9-5-6-10(14)11(15)7-9/h5-7,12,16H,3-4,8H2,1-2H3. The highest BCUT2D eigenvalue weighted by molar-refractivity contribution is 7.99. The highest BCUT2D eigenvalue weighted by Gasteiger charge is 2.18. The van der Waals surface area contributed by atoms with Crippen LogP contribution < -0.4 is 5.32 Å². The fourth-order valence-corrected chi connectivity index (χ4v) is 2.79. The van der Waals surface area contributed by atoms with Crippen molar-refractivity contribution in [3.05, 3.63) is 28.2 Å². The number of esters is 1. The van der Waals surface area contributed by atoms with Gasteiger partial charge in [0.05, 0.1) is 16.7 Å². The molecule has 1 aromatic carbocycles. The first-order chi connectivity index (χ1) is 9.08. The van der Waals surface area contributed by atoms with Gasteiger partial charge in [-0.25, -0.2) is 0 Å². The molecule has 3 nitrogen and oxygen atoms in total. The first-order valence-corrected chi connectivity index (χ1v) is 7.80. The van der Waals surface area contributed by atoms with Crippen LogP contribution in [0.15, 0.2) is 23.1 Å².